The van der Waals surface area contributed by atoms with Crippen LogP contribution in [-0.2, 0) is 11.2 Å². The minimum absolute atomic E-state index is 0.155. The first-order valence-corrected chi connectivity index (χ1v) is 9.49. The van der Waals surface area contributed by atoms with Crippen molar-refractivity contribution in [3.63, 3.8) is 0 Å². The summed E-state index contributed by atoms with van der Waals surface area (Å²) < 4.78 is 5.66. The van der Waals surface area contributed by atoms with E-state index in [-0.39, 0.29) is 18.0 Å². The highest BCUT2D eigenvalue weighted by molar-refractivity contribution is 6.30. The van der Waals surface area contributed by atoms with Crippen molar-refractivity contribution in [3.8, 4) is 5.88 Å². The van der Waals surface area contributed by atoms with Crippen LogP contribution in [0.15, 0.2) is 42.6 Å². The summed E-state index contributed by atoms with van der Waals surface area (Å²) in [4.78, 5) is 32.3. The monoisotopic (exact) mass is 385 g/mol. The normalized spacial score (nSPS) is 19.4. The SMILES string of the molecule is O=C1C2CCCCN2C(=O)N1c1ccc(OCCc2ccc(Cl)cc2)nc1. The van der Waals surface area contributed by atoms with Crippen LogP contribution < -0.4 is 9.64 Å². The Morgan fingerprint density at radius 3 is 2.63 bits per heavy atom. The Hall–Kier alpha value is -2.60. The second-order valence-electron chi connectivity index (χ2n) is 6.74. The van der Waals surface area contributed by atoms with E-state index in [1.807, 2.05) is 24.3 Å². The minimum Gasteiger partial charge on any atom is -0.477 e. The first kappa shape index (κ1) is 17.8. The third-order valence-electron chi connectivity index (χ3n) is 4.98. The maximum atomic E-state index is 12.6. The predicted octanol–water partition coefficient (Wildman–Crippen LogP) is 3.68. The van der Waals surface area contributed by atoms with E-state index in [2.05, 4.69) is 4.98 Å². The number of aromatic nitrogens is 1. The number of piperidine rings is 1. The van der Waals surface area contributed by atoms with Crippen LogP contribution in [0.2, 0.25) is 5.02 Å². The van der Waals surface area contributed by atoms with Crippen LogP contribution in [0, 0.1) is 0 Å². The van der Waals surface area contributed by atoms with Gasteiger partial charge in [-0.25, -0.2) is 14.7 Å². The average molecular weight is 386 g/mol. The lowest BCUT2D eigenvalue weighted by Gasteiger charge is -2.25. The summed E-state index contributed by atoms with van der Waals surface area (Å²) in [6.07, 6.45) is 4.92. The molecule has 6 nitrogen and oxygen atoms in total. The van der Waals surface area contributed by atoms with Gasteiger partial charge in [-0.1, -0.05) is 23.7 Å². The molecule has 1 aromatic carbocycles. The predicted molar refractivity (Wildman–Crippen MR) is 102 cm³/mol. The van der Waals surface area contributed by atoms with Crippen molar-refractivity contribution in [1.29, 1.82) is 0 Å². The number of fused-ring (bicyclic) bond motifs is 1. The number of nitrogens with zero attached hydrogens (tertiary/aromatic N) is 3. The highest BCUT2D eigenvalue weighted by Crippen LogP contribution is 2.30. The number of anilines is 1. The lowest BCUT2D eigenvalue weighted by Crippen LogP contribution is -2.39. The topological polar surface area (TPSA) is 62.7 Å². The standard InChI is InChI=1S/C20H20ClN3O3/c21-15-6-4-14(5-7-15)10-12-27-18-9-8-16(13-22-18)24-19(25)17-3-1-2-11-23(17)20(24)26/h4-9,13,17H,1-3,10-12H2. The third-order valence-corrected chi connectivity index (χ3v) is 5.23. The Kier molecular flexibility index (Phi) is 4.99. The largest absolute Gasteiger partial charge is 0.477 e. The van der Waals surface area contributed by atoms with Crippen molar-refractivity contribution in [1.82, 2.24) is 9.88 Å². The van der Waals surface area contributed by atoms with Crippen LogP contribution in [0.3, 0.4) is 0 Å². The van der Waals surface area contributed by atoms with E-state index in [9.17, 15) is 9.59 Å². The van der Waals surface area contributed by atoms with E-state index in [1.165, 1.54) is 11.1 Å². The van der Waals surface area contributed by atoms with Crippen LogP contribution in [0.5, 0.6) is 5.88 Å². The Morgan fingerprint density at radius 1 is 1.11 bits per heavy atom. The number of ether oxygens (including phenoxy) is 1. The van der Waals surface area contributed by atoms with Crippen LogP contribution in [0.4, 0.5) is 10.5 Å². The first-order valence-electron chi connectivity index (χ1n) is 9.11. The highest BCUT2D eigenvalue weighted by atomic mass is 35.5. The molecule has 27 heavy (non-hydrogen) atoms. The second-order valence-corrected chi connectivity index (χ2v) is 7.18. The number of imide groups is 1. The zero-order chi connectivity index (χ0) is 18.8. The number of rotatable bonds is 5. The molecule has 4 rings (SSSR count). The number of carbonyl (C=O) groups is 2. The van der Waals surface area contributed by atoms with Gasteiger partial charge in [0.1, 0.15) is 6.04 Å². The van der Waals surface area contributed by atoms with E-state index in [0.29, 0.717) is 29.7 Å². The number of halogens is 1. The Bertz CT molecular complexity index is 815. The van der Waals surface area contributed by atoms with Crippen molar-refractivity contribution in [2.45, 2.75) is 31.7 Å². The van der Waals surface area contributed by atoms with Gasteiger partial charge in [0.2, 0.25) is 5.88 Å². The molecule has 1 unspecified atom stereocenters. The van der Waals surface area contributed by atoms with Gasteiger partial charge < -0.3 is 9.64 Å². The molecular formula is C20H20ClN3O3. The lowest BCUT2D eigenvalue weighted by atomic mass is 10.0. The van der Waals surface area contributed by atoms with Crippen molar-refractivity contribution in [2.75, 3.05) is 18.1 Å². The molecule has 3 amide bonds. The number of hydrogen-bond donors (Lipinski definition) is 0. The molecule has 0 bridgehead atoms. The van der Waals surface area contributed by atoms with E-state index in [1.54, 1.807) is 17.0 Å². The molecule has 140 valence electrons. The Labute approximate surface area is 162 Å². The van der Waals surface area contributed by atoms with Crippen molar-refractivity contribution in [2.24, 2.45) is 0 Å². The zero-order valence-corrected chi connectivity index (χ0v) is 15.6. The summed E-state index contributed by atoms with van der Waals surface area (Å²) in [5, 5.41) is 0.708. The van der Waals surface area contributed by atoms with Crippen LogP contribution >= 0.6 is 11.6 Å². The van der Waals surface area contributed by atoms with Gasteiger partial charge >= 0.3 is 6.03 Å². The molecule has 1 atom stereocenters. The molecule has 0 saturated carbocycles. The quantitative estimate of drug-likeness (QED) is 0.736. The zero-order valence-electron chi connectivity index (χ0n) is 14.8. The molecule has 7 heteroatoms. The molecule has 0 N–H and O–H groups in total. The molecule has 1 aromatic heterocycles. The molecular weight excluding hydrogens is 366 g/mol. The fourth-order valence-electron chi connectivity index (χ4n) is 3.54. The Morgan fingerprint density at radius 2 is 1.93 bits per heavy atom. The van der Waals surface area contributed by atoms with Gasteiger partial charge in [-0.3, -0.25) is 4.79 Å². The maximum absolute atomic E-state index is 12.6. The van der Waals surface area contributed by atoms with Crippen molar-refractivity contribution in [3.05, 3.63) is 53.2 Å². The summed E-state index contributed by atoms with van der Waals surface area (Å²) in [6.45, 7) is 1.12. The molecule has 3 heterocycles. The second kappa shape index (κ2) is 7.56. The van der Waals surface area contributed by atoms with Gasteiger partial charge in [0.05, 0.1) is 18.5 Å². The number of amides is 3. The summed E-state index contributed by atoms with van der Waals surface area (Å²) in [5.74, 6) is 0.308. The highest BCUT2D eigenvalue weighted by Gasteiger charge is 2.46. The molecule has 2 aliphatic rings. The minimum atomic E-state index is -0.318. The number of hydrogen-bond acceptors (Lipinski definition) is 4. The van der Waals surface area contributed by atoms with E-state index >= 15 is 0 Å². The fourth-order valence-corrected chi connectivity index (χ4v) is 3.67. The van der Waals surface area contributed by atoms with Crippen molar-refractivity contribution >= 4 is 29.2 Å². The summed E-state index contributed by atoms with van der Waals surface area (Å²) in [7, 11) is 0. The smallest absolute Gasteiger partial charge is 0.332 e. The van der Waals surface area contributed by atoms with E-state index in [0.717, 1.165) is 31.2 Å². The molecule has 2 fully saturated rings. The fraction of sp³-hybridized carbons (Fsp3) is 0.350. The maximum Gasteiger partial charge on any atom is 0.332 e. The molecule has 0 radical (unpaired) electrons. The Balaban J connectivity index is 1.38. The number of urea groups is 1. The van der Waals surface area contributed by atoms with E-state index < -0.39 is 0 Å². The summed E-state index contributed by atoms with van der Waals surface area (Å²) in [5.41, 5.74) is 1.62. The first-order chi connectivity index (χ1) is 13.1. The number of carbonyl (C=O) groups excluding carboxylic acids is 2. The average Bonchev–Trinajstić information content (AvgIpc) is 2.95. The van der Waals surface area contributed by atoms with Gasteiger partial charge in [-0.05, 0) is 43.0 Å². The van der Waals surface area contributed by atoms with Gasteiger partial charge in [0.15, 0.2) is 0 Å². The van der Waals surface area contributed by atoms with Crippen LogP contribution in [0.1, 0.15) is 24.8 Å². The summed E-state index contributed by atoms with van der Waals surface area (Å²) in [6, 6.07) is 10.4. The number of pyridine rings is 1. The lowest BCUT2D eigenvalue weighted by molar-refractivity contribution is -0.120. The molecule has 2 aliphatic heterocycles. The third kappa shape index (κ3) is 3.62. The molecule has 2 aromatic rings. The molecule has 0 spiro atoms. The van der Waals surface area contributed by atoms with Crippen LogP contribution in [-0.4, -0.2) is 41.0 Å². The molecule has 0 aliphatic carbocycles. The van der Waals surface area contributed by atoms with Gasteiger partial charge in [0, 0.05) is 24.1 Å². The number of benzene rings is 1. The summed E-state index contributed by atoms with van der Waals surface area (Å²) >= 11 is 5.87. The molecule has 2 saturated heterocycles. The van der Waals surface area contributed by atoms with Gasteiger partial charge in [-0.2, -0.15) is 0 Å². The van der Waals surface area contributed by atoms with E-state index in [4.69, 9.17) is 16.3 Å². The van der Waals surface area contributed by atoms with Crippen molar-refractivity contribution < 1.29 is 14.3 Å². The van der Waals surface area contributed by atoms with Gasteiger partial charge in [-0.15, -0.1) is 0 Å². The van der Waals surface area contributed by atoms with Crippen LogP contribution in [0.25, 0.3) is 0 Å². The van der Waals surface area contributed by atoms with Gasteiger partial charge in [0.25, 0.3) is 5.91 Å².